The molecule has 0 amide bonds. The van der Waals surface area contributed by atoms with Crippen LogP contribution in [0.2, 0.25) is 0 Å². The Balaban J connectivity index is 1.61. The van der Waals surface area contributed by atoms with Crippen molar-refractivity contribution >= 4 is 23.1 Å². The lowest BCUT2D eigenvalue weighted by Crippen LogP contribution is -2.05. The quantitative estimate of drug-likeness (QED) is 0.407. The van der Waals surface area contributed by atoms with E-state index in [1.54, 1.807) is 6.21 Å². The summed E-state index contributed by atoms with van der Waals surface area (Å²) in [4.78, 5) is 0. The summed E-state index contributed by atoms with van der Waals surface area (Å²) >= 11 is 1.47. The zero-order valence-electron chi connectivity index (χ0n) is 13.9. The lowest BCUT2D eigenvalue weighted by atomic mass is 10.1. The fourth-order valence-electron chi connectivity index (χ4n) is 2.27. The second-order valence-electron chi connectivity index (χ2n) is 5.49. The second-order valence-corrected chi connectivity index (χ2v) is 6.49. The van der Waals surface area contributed by atoms with Crippen LogP contribution in [0.4, 0.5) is 0 Å². The first-order valence-corrected chi connectivity index (χ1v) is 8.89. The van der Waals surface area contributed by atoms with Gasteiger partial charge in [-0.25, -0.2) is 0 Å². The van der Waals surface area contributed by atoms with E-state index in [0.29, 0.717) is 5.17 Å². The van der Waals surface area contributed by atoms with Crippen LogP contribution >= 0.6 is 11.8 Å². The van der Waals surface area contributed by atoms with E-state index in [9.17, 15) is 0 Å². The van der Waals surface area contributed by atoms with Gasteiger partial charge in [-0.2, -0.15) is 5.10 Å². The molecule has 1 aromatic heterocycles. The van der Waals surface area contributed by atoms with Crippen LogP contribution in [0.3, 0.4) is 0 Å². The molecule has 4 nitrogen and oxygen atoms in total. The van der Waals surface area contributed by atoms with Gasteiger partial charge in [-0.15, -0.1) is 5.10 Å². The number of nitrogens with two attached hydrogens (primary N) is 1. The van der Waals surface area contributed by atoms with Gasteiger partial charge in [-0.3, -0.25) is 0 Å². The van der Waals surface area contributed by atoms with Gasteiger partial charge in [0.2, 0.25) is 0 Å². The molecule has 0 bridgehead atoms. The van der Waals surface area contributed by atoms with E-state index in [2.05, 4.69) is 22.3 Å². The Hall–Kier alpha value is -2.79. The molecule has 1 heterocycles. The molecule has 0 spiro atoms. The standard InChI is InChI=1S/C20H19N3OS/c1-15-10-11-19(24-15)18-9-5-8-17(12-18)13-22-23-20(21)25-14-16-6-3-2-4-7-16/h2-13H,14H2,1H3,(H2,21,23). The molecule has 0 aliphatic heterocycles. The summed E-state index contributed by atoms with van der Waals surface area (Å²) in [7, 11) is 0. The van der Waals surface area contributed by atoms with Crippen LogP contribution in [0.1, 0.15) is 16.9 Å². The minimum absolute atomic E-state index is 0.443. The highest BCUT2D eigenvalue weighted by molar-refractivity contribution is 8.13. The van der Waals surface area contributed by atoms with Crippen LogP contribution in [0.25, 0.3) is 11.3 Å². The largest absolute Gasteiger partial charge is 0.461 e. The van der Waals surface area contributed by atoms with Crippen molar-refractivity contribution in [2.75, 3.05) is 0 Å². The van der Waals surface area contributed by atoms with Gasteiger partial charge in [0.15, 0.2) is 5.17 Å². The fourth-order valence-corrected chi connectivity index (χ4v) is 2.89. The molecule has 0 saturated carbocycles. The molecular formula is C20H19N3OS. The van der Waals surface area contributed by atoms with Crippen LogP contribution < -0.4 is 5.73 Å². The van der Waals surface area contributed by atoms with E-state index < -0.39 is 0 Å². The van der Waals surface area contributed by atoms with E-state index in [1.165, 1.54) is 17.3 Å². The molecule has 0 aliphatic carbocycles. The topological polar surface area (TPSA) is 63.9 Å². The van der Waals surface area contributed by atoms with Crippen molar-refractivity contribution in [2.24, 2.45) is 15.9 Å². The first-order valence-electron chi connectivity index (χ1n) is 7.91. The predicted octanol–water partition coefficient (Wildman–Crippen LogP) is 4.84. The van der Waals surface area contributed by atoms with Gasteiger partial charge >= 0.3 is 0 Å². The van der Waals surface area contributed by atoms with E-state index in [0.717, 1.165) is 28.4 Å². The number of aryl methyl sites for hydroxylation is 1. The fraction of sp³-hybridized carbons (Fsp3) is 0.100. The first-order chi connectivity index (χ1) is 12.2. The minimum Gasteiger partial charge on any atom is -0.461 e. The highest BCUT2D eigenvalue weighted by atomic mass is 32.2. The molecule has 126 valence electrons. The Morgan fingerprint density at radius 1 is 1.08 bits per heavy atom. The van der Waals surface area contributed by atoms with Crippen molar-refractivity contribution in [1.29, 1.82) is 0 Å². The van der Waals surface area contributed by atoms with Crippen molar-refractivity contribution in [1.82, 2.24) is 0 Å². The molecule has 0 atom stereocenters. The second kappa shape index (κ2) is 8.35. The predicted molar refractivity (Wildman–Crippen MR) is 106 cm³/mol. The number of rotatable bonds is 5. The highest BCUT2D eigenvalue weighted by Crippen LogP contribution is 2.22. The number of nitrogens with zero attached hydrogens (tertiary/aromatic N) is 2. The highest BCUT2D eigenvalue weighted by Gasteiger charge is 2.02. The molecule has 0 aliphatic rings. The maximum absolute atomic E-state index is 5.89. The third-order valence-electron chi connectivity index (χ3n) is 3.50. The van der Waals surface area contributed by atoms with Crippen molar-refractivity contribution in [3.8, 4) is 11.3 Å². The Morgan fingerprint density at radius 2 is 1.92 bits per heavy atom. The lowest BCUT2D eigenvalue weighted by Gasteiger charge is -2.00. The van der Waals surface area contributed by atoms with Crippen molar-refractivity contribution in [3.63, 3.8) is 0 Å². The van der Waals surface area contributed by atoms with Crippen molar-refractivity contribution in [3.05, 3.63) is 83.6 Å². The summed E-state index contributed by atoms with van der Waals surface area (Å²) in [5.41, 5.74) is 9.05. The van der Waals surface area contributed by atoms with E-state index in [1.807, 2.05) is 61.5 Å². The summed E-state index contributed by atoms with van der Waals surface area (Å²) in [5, 5.41) is 8.57. The summed E-state index contributed by atoms with van der Waals surface area (Å²) in [6.07, 6.45) is 1.69. The number of benzene rings is 2. The van der Waals surface area contributed by atoms with Crippen LogP contribution in [-0.2, 0) is 5.75 Å². The number of furan rings is 1. The van der Waals surface area contributed by atoms with Gasteiger partial charge in [0, 0.05) is 11.3 Å². The summed E-state index contributed by atoms with van der Waals surface area (Å²) in [5.74, 6) is 2.51. The number of hydrogen-bond acceptors (Lipinski definition) is 4. The maximum atomic E-state index is 5.89. The zero-order chi connectivity index (χ0) is 17.5. The van der Waals surface area contributed by atoms with Crippen LogP contribution in [0.15, 0.2) is 81.4 Å². The Kier molecular flexibility index (Phi) is 5.69. The maximum Gasteiger partial charge on any atom is 0.180 e. The third-order valence-corrected chi connectivity index (χ3v) is 4.36. The summed E-state index contributed by atoms with van der Waals surface area (Å²) in [6, 6.07) is 22.0. The first kappa shape index (κ1) is 17.0. The van der Waals surface area contributed by atoms with Gasteiger partial charge in [0.05, 0.1) is 6.21 Å². The molecule has 2 aromatic carbocycles. The normalized spacial score (nSPS) is 12.0. The molecule has 25 heavy (non-hydrogen) atoms. The smallest absolute Gasteiger partial charge is 0.180 e. The summed E-state index contributed by atoms with van der Waals surface area (Å²) in [6.45, 7) is 1.93. The van der Waals surface area contributed by atoms with Gasteiger partial charge < -0.3 is 10.2 Å². The molecule has 0 fully saturated rings. The Bertz CT molecular complexity index is 885. The Morgan fingerprint density at radius 3 is 2.68 bits per heavy atom. The van der Waals surface area contributed by atoms with Crippen LogP contribution in [-0.4, -0.2) is 11.4 Å². The number of thioether (sulfide) groups is 1. The van der Waals surface area contributed by atoms with Crippen LogP contribution in [0, 0.1) is 6.92 Å². The molecular weight excluding hydrogens is 330 g/mol. The van der Waals surface area contributed by atoms with Gasteiger partial charge in [-0.05, 0) is 36.2 Å². The SMILES string of the molecule is Cc1ccc(-c2cccc(C=NN=C(N)SCc3ccccc3)c2)o1. The van der Waals surface area contributed by atoms with Gasteiger partial charge in [-0.1, -0.05) is 60.3 Å². The Labute approximate surface area is 151 Å². The minimum atomic E-state index is 0.443. The van der Waals surface area contributed by atoms with E-state index >= 15 is 0 Å². The number of hydrogen-bond donors (Lipinski definition) is 1. The number of amidine groups is 1. The molecule has 5 heteroatoms. The molecule has 3 aromatic rings. The van der Waals surface area contributed by atoms with Crippen LogP contribution in [0.5, 0.6) is 0 Å². The molecule has 0 radical (unpaired) electrons. The lowest BCUT2D eigenvalue weighted by molar-refractivity contribution is 0.548. The monoisotopic (exact) mass is 349 g/mol. The van der Waals surface area contributed by atoms with Gasteiger partial charge in [0.1, 0.15) is 11.5 Å². The molecule has 3 rings (SSSR count). The van der Waals surface area contributed by atoms with Gasteiger partial charge in [0.25, 0.3) is 0 Å². The molecule has 2 N–H and O–H groups in total. The third kappa shape index (κ3) is 5.09. The molecule has 0 unspecified atom stereocenters. The van der Waals surface area contributed by atoms with E-state index in [-0.39, 0.29) is 0 Å². The van der Waals surface area contributed by atoms with Crippen molar-refractivity contribution < 1.29 is 4.42 Å². The average Bonchev–Trinajstić information content (AvgIpc) is 3.08. The average molecular weight is 349 g/mol. The molecule has 0 saturated heterocycles. The van der Waals surface area contributed by atoms with Crippen molar-refractivity contribution in [2.45, 2.75) is 12.7 Å². The summed E-state index contributed by atoms with van der Waals surface area (Å²) < 4.78 is 5.65. The zero-order valence-corrected chi connectivity index (χ0v) is 14.7. The van der Waals surface area contributed by atoms with E-state index in [4.69, 9.17) is 10.2 Å².